The smallest absolute Gasteiger partial charge is 0.227 e. The summed E-state index contributed by atoms with van der Waals surface area (Å²) in [6.07, 6.45) is 7.25. The number of pyridine rings is 1. The van der Waals surface area contributed by atoms with E-state index in [-0.39, 0.29) is 17.0 Å². The van der Waals surface area contributed by atoms with Gasteiger partial charge in [0.2, 0.25) is 5.91 Å². The molecule has 2 aromatic rings. The summed E-state index contributed by atoms with van der Waals surface area (Å²) in [5.41, 5.74) is 2.21. The Morgan fingerprint density at radius 3 is 2.44 bits per heavy atom. The van der Waals surface area contributed by atoms with Gasteiger partial charge in [0, 0.05) is 63.5 Å². The third-order valence-corrected chi connectivity index (χ3v) is 8.64. The second-order valence-electron chi connectivity index (χ2n) is 11.1. The average Bonchev–Trinajstić information content (AvgIpc) is 3.35. The molecule has 6 heteroatoms. The van der Waals surface area contributed by atoms with Crippen LogP contribution in [-0.4, -0.2) is 71.2 Å². The predicted molar refractivity (Wildman–Crippen MR) is 144 cm³/mol. The molecule has 3 aliphatic rings. The first kappa shape index (κ1) is 25.4. The Balaban J connectivity index is 1.40. The van der Waals surface area contributed by atoms with Crippen LogP contribution in [0.5, 0.6) is 0 Å². The molecule has 1 unspecified atom stereocenters. The van der Waals surface area contributed by atoms with Gasteiger partial charge in [-0.3, -0.25) is 19.5 Å². The van der Waals surface area contributed by atoms with Crippen molar-refractivity contribution in [3.05, 3.63) is 59.8 Å². The van der Waals surface area contributed by atoms with E-state index in [2.05, 4.69) is 40.1 Å². The molecule has 2 saturated heterocycles. The number of anilines is 1. The fourth-order valence-corrected chi connectivity index (χ4v) is 6.73. The zero-order valence-electron chi connectivity index (χ0n) is 22.1. The van der Waals surface area contributed by atoms with Gasteiger partial charge in [-0.2, -0.15) is 0 Å². The molecule has 2 aliphatic heterocycles. The van der Waals surface area contributed by atoms with Crippen LogP contribution in [-0.2, 0) is 16.1 Å². The van der Waals surface area contributed by atoms with Crippen LogP contribution in [0.25, 0.3) is 0 Å². The lowest BCUT2D eigenvalue weighted by atomic mass is 9.76. The van der Waals surface area contributed by atoms with Crippen LogP contribution in [0.1, 0.15) is 63.1 Å². The SMILES string of the molecule is CCC(=O)N(CC1(N2CCN(Cc3ccccc3)CC2)CCOC2(CCCC2)C1)c1cccc(C)n1. The largest absolute Gasteiger partial charge is 0.375 e. The molecule has 194 valence electrons. The van der Waals surface area contributed by atoms with Gasteiger partial charge in [-0.25, -0.2) is 4.98 Å². The van der Waals surface area contributed by atoms with E-state index >= 15 is 0 Å². The second-order valence-corrected chi connectivity index (χ2v) is 11.1. The third kappa shape index (κ3) is 5.51. The molecule has 1 aromatic carbocycles. The molecule has 3 fully saturated rings. The van der Waals surface area contributed by atoms with Crippen molar-refractivity contribution < 1.29 is 9.53 Å². The van der Waals surface area contributed by atoms with Gasteiger partial charge in [0.25, 0.3) is 0 Å². The predicted octanol–water partition coefficient (Wildman–Crippen LogP) is 4.81. The van der Waals surface area contributed by atoms with E-state index in [1.807, 2.05) is 36.9 Å². The zero-order valence-corrected chi connectivity index (χ0v) is 22.1. The number of nitrogens with zero attached hydrogens (tertiary/aromatic N) is 4. The molecule has 1 amide bonds. The Labute approximate surface area is 216 Å². The minimum atomic E-state index is -0.0856. The van der Waals surface area contributed by atoms with E-state index in [0.717, 1.165) is 76.5 Å². The van der Waals surface area contributed by atoms with Gasteiger partial charge in [-0.15, -0.1) is 0 Å². The highest BCUT2D eigenvalue weighted by Gasteiger charge is 2.51. The van der Waals surface area contributed by atoms with Crippen molar-refractivity contribution in [2.75, 3.05) is 44.2 Å². The summed E-state index contributed by atoms with van der Waals surface area (Å²) < 4.78 is 6.51. The van der Waals surface area contributed by atoms with Crippen molar-refractivity contribution in [1.82, 2.24) is 14.8 Å². The van der Waals surface area contributed by atoms with Crippen molar-refractivity contribution in [3.63, 3.8) is 0 Å². The van der Waals surface area contributed by atoms with Crippen LogP contribution in [0.4, 0.5) is 5.82 Å². The maximum atomic E-state index is 13.3. The van der Waals surface area contributed by atoms with Crippen LogP contribution < -0.4 is 4.90 Å². The number of ether oxygens (including phenoxy) is 1. The van der Waals surface area contributed by atoms with Crippen molar-refractivity contribution in [2.24, 2.45) is 0 Å². The first-order valence-electron chi connectivity index (χ1n) is 13.9. The Bertz CT molecular complexity index is 1010. The number of carbonyl (C=O) groups excluding carboxylic acids is 1. The van der Waals surface area contributed by atoms with E-state index in [9.17, 15) is 4.79 Å². The molecule has 1 atom stereocenters. The van der Waals surface area contributed by atoms with Gasteiger partial charge in [0.15, 0.2) is 0 Å². The van der Waals surface area contributed by atoms with Crippen LogP contribution in [0.2, 0.25) is 0 Å². The van der Waals surface area contributed by atoms with Gasteiger partial charge < -0.3 is 4.74 Å². The number of hydrogen-bond donors (Lipinski definition) is 0. The second kappa shape index (κ2) is 11.0. The Kier molecular flexibility index (Phi) is 7.75. The minimum absolute atomic E-state index is 0.0274. The summed E-state index contributed by atoms with van der Waals surface area (Å²) in [5, 5.41) is 0. The third-order valence-electron chi connectivity index (χ3n) is 8.64. The van der Waals surface area contributed by atoms with Crippen LogP contribution >= 0.6 is 0 Å². The average molecular weight is 491 g/mol. The maximum Gasteiger partial charge on any atom is 0.227 e. The highest BCUT2D eigenvalue weighted by Crippen LogP contribution is 2.46. The summed E-state index contributed by atoms with van der Waals surface area (Å²) >= 11 is 0. The Morgan fingerprint density at radius 1 is 1.00 bits per heavy atom. The minimum Gasteiger partial charge on any atom is -0.375 e. The lowest BCUT2D eigenvalue weighted by Gasteiger charge is -2.55. The van der Waals surface area contributed by atoms with E-state index < -0.39 is 0 Å². The monoisotopic (exact) mass is 490 g/mol. The topological polar surface area (TPSA) is 48.9 Å². The highest BCUT2D eigenvalue weighted by atomic mass is 16.5. The number of carbonyl (C=O) groups is 1. The Hall–Kier alpha value is -2.28. The van der Waals surface area contributed by atoms with Gasteiger partial charge in [0.1, 0.15) is 5.82 Å². The van der Waals surface area contributed by atoms with Crippen LogP contribution in [0.3, 0.4) is 0 Å². The van der Waals surface area contributed by atoms with Crippen LogP contribution in [0.15, 0.2) is 48.5 Å². The fraction of sp³-hybridized carbons (Fsp3) is 0.600. The molecule has 1 saturated carbocycles. The lowest BCUT2D eigenvalue weighted by Crippen LogP contribution is -2.66. The highest BCUT2D eigenvalue weighted by molar-refractivity contribution is 5.92. The van der Waals surface area contributed by atoms with Crippen LogP contribution in [0, 0.1) is 6.92 Å². The van der Waals surface area contributed by atoms with Gasteiger partial charge >= 0.3 is 0 Å². The zero-order chi connectivity index (χ0) is 25.0. The summed E-state index contributed by atoms with van der Waals surface area (Å²) in [6, 6.07) is 16.8. The van der Waals surface area contributed by atoms with E-state index in [1.165, 1.54) is 18.4 Å². The van der Waals surface area contributed by atoms with E-state index in [4.69, 9.17) is 9.72 Å². The molecule has 3 heterocycles. The number of amides is 1. The molecular weight excluding hydrogens is 448 g/mol. The summed E-state index contributed by atoms with van der Waals surface area (Å²) in [4.78, 5) is 25.4. The standard InChI is InChI=1S/C30H42N4O2/c1-3-28(35)34(27-13-9-10-25(2)31-27)24-29(16-21-36-30(23-29)14-7-8-15-30)33-19-17-32(18-20-33)22-26-11-5-4-6-12-26/h4-6,9-13H,3,7-8,14-24H2,1-2H3. The number of benzene rings is 1. The lowest BCUT2D eigenvalue weighted by molar-refractivity contribution is -0.141. The van der Waals surface area contributed by atoms with Crippen molar-refractivity contribution in [1.29, 1.82) is 0 Å². The summed E-state index contributed by atoms with van der Waals surface area (Å²) in [7, 11) is 0. The molecule has 1 aliphatic carbocycles. The normalized spacial score (nSPS) is 24.7. The fourth-order valence-electron chi connectivity index (χ4n) is 6.73. The number of aromatic nitrogens is 1. The molecule has 0 radical (unpaired) electrons. The molecule has 5 rings (SSSR count). The molecule has 1 aromatic heterocycles. The first-order chi connectivity index (χ1) is 17.5. The molecule has 0 N–H and O–H groups in total. The van der Waals surface area contributed by atoms with Gasteiger partial charge in [0.05, 0.1) is 5.60 Å². The number of rotatable bonds is 7. The van der Waals surface area contributed by atoms with Crippen molar-refractivity contribution in [2.45, 2.75) is 76.5 Å². The molecular formula is C30H42N4O2. The molecule has 6 nitrogen and oxygen atoms in total. The maximum absolute atomic E-state index is 13.3. The van der Waals surface area contributed by atoms with Gasteiger partial charge in [-0.05, 0) is 50.3 Å². The number of hydrogen-bond acceptors (Lipinski definition) is 5. The van der Waals surface area contributed by atoms with Gasteiger partial charge in [-0.1, -0.05) is 56.2 Å². The Morgan fingerprint density at radius 2 is 1.75 bits per heavy atom. The van der Waals surface area contributed by atoms with Crippen molar-refractivity contribution >= 4 is 11.7 Å². The number of piperazine rings is 1. The first-order valence-corrected chi connectivity index (χ1v) is 13.9. The number of aryl methyl sites for hydroxylation is 1. The van der Waals surface area contributed by atoms with E-state index in [0.29, 0.717) is 13.0 Å². The molecule has 1 spiro atoms. The summed E-state index contributed by atoms with van der Waals surface area (Å²) in [5.74, 6) is 0.943. The summed E-state index contributed by atoms with van der Waals surface area (Å²) in [6.45, 7) is 10.6. The molecule has 36 heavy (non-hydrogen) atoms. The quantitative estimate of drug-likeness (QED) is 0.557. The molecule has 0 bridgehead atoms. The van der Waals surface area contributed by atoms with E-state index in [1.54, 1.807) is 0 Å². The van der Waals surface area contributed by atoms with Crippen molar-refractivity contribution in [3.8, 4) is 0 Å².